The van der Waals surface area contributed by atoms with Gasteiger partial charge < -0.3 is 15.2 Å². The number of rotatable bonds is 4. The fourth-order valence-corrected chi connectivity index (χ4v) is 3.07. The molecule has 7 heteroatoms. The summed E-state index contributed by atoms with van der Waals surface area (Å²) in [5.41, 5.74) is -0.933. The van der Waals surface area contributed by atoms with E-state index < -0.39 is 11.4 Å². The minimum absolute atomic E-state index is 0.0960. The minimum Gasteiger partial charge on any atom is -0.481 e. The quantitative estimate of drug-likeness (QED) is 0.892. The maximum Gasteiger partial charge on any atom is 0.311 e. The lowest BCUT2D eigenvalue weighted by Crippen LogP contribution is -2.46. The number of carboxylic acid groups (broad SMARTS) is 1. The summed E-state index contributed by atoms with van der Waals surface area (Å²) in [6.45, 7) is 0.905. The van der Waals surface area contributed by atoms with Gasteiger partial charge in [0.2, 0.25) is 0 Å². The standard InChI is InChI=1S/C12H14ClNO4S/c13-8-1-6-19-9(8)10(15)14-7-12(11(16)17)2-4-18-5-3-12/h1,6H,2-5,7H2,(H,14,15)(H,16,17). The molecule has 0 spiro atoms. The van der Waals surface area contributed by atoms with Crippen molar-refractivity contribution in [2.24, 2.45) is 5.41 Å². The van der Waals surface area contributed by atoms with E-state index in [0.717, 1.165) is 0 Å². The van der Waals surface area contributed by atoms with Gasteiger partial charge in [-0.25, -0.2) is 0 Å². The van der Waals surface area contributed by atoms with E-state index in [1.54, 1.807) is 11.4 Å². The highest BCUT2D eigenvalue weighted by Gasteiger charge is 2.40. The Hall–Kier alpha value is -1.11. The van der Waals surface area contributed by atoms with Gasteiger partial charge in [0.25, 0.3) is 5.91 Å². The third-order valence-electron chi connectivity index (χ3n) is 3.31. The molecule has 19 heavy (non-hydrogen) atoms. The summed E-state index contributed by atoms with van der Waals surface area (Å²) in [7, 11) is 0. The number of amides is 1. The number of carboxylic acids is 1. The highest BCUT2D eigenvalue weighted by atomic mass is 35.5. The fraction of sp³-hybridized carbons (Fsp3) is 0.500. The molecule has 0 unspecified atom stereocenters. The van der Waals surface area contributed by atoms with Crippen LogP contribution in [0.25, 0.3) is 0 Å². The van der Waals surface area contributed by atoms with Crippen LogP contribution in [0.5, 0.6) is 0 Å². The van der Waals surface area contributed by atoms with Crippen molar-refractivity contribution in [2.45, 2.75) is 12.8 Å². The predicted molar refractivity (Wildman–Crippen MR) is 71.8 cm³/mol. The summed E-state index contributed by atoms with van der Waals surface area (Å²) >= 11 is 7.10. The van der Waals surface area contributed by atoms with E-state index in [0.29, 0.717) is 36.0 Å². The molecule has 1 saturated heterocycles. The molecule has 5 nitrogen and oxygen atoms in total. The van der Waals surface area contributed by atoms with Crippen LogP contribution in [0.4, 0.5) is 0 Å². The zero-order valence-electron chi connectivity index (χ0n) is 10.1. The summed E-state index contributed by atoms with van der Waals surface area (Å²) < 4.78 is 5.18. The van der Waals surface area contributed by atoms with Crippen molar-refractivity contribution < 1.29 is 19.4 Å². The van der Waals surface area contributed by atoms with Gasteiger partial charge in [-0.2, -0.15) is 0 Å². The largest absolute Gasteiger partial charge is 0.481 e. The summed E-state index contributed by atoms with van der Waals surface area (Å²) in [5.74, 6) is -1.22. The van der Waals surface area contributed by atoms with Gasteiger partial charge in [0.1, 0.15) is 4.88 Å². The van der Waals surface area contributed by atoms with Crippen molar-refractivity contribution >= 4 is 34.8 Å². The van der Waals surface area contributed by atoms with Crippen LogP contribution in [-0.4, -0.2) is 36.7 Å². The SMILES string of the molecule is O=C(NCC1(C(=O)O)CCOCC1)c1sccc1Cl. The van der Waals surface area contributed by atoms with Crippen LogP contribution in [0.2, 0.25) is 5.02 Å². The van der Waals surface area contributed by atoms with E-state index in [-0.39, 0.29) is 12.5 Å². The van der Waals surface area contributed by atoms with Crippen molar-refractivity contribution in [1.82, 2.24) is 5.32 Å². The molecule has 1 aliphatic rings. The Morgan fingerprint density at radius 1 is 1.47 bits per heavy atom. The Morgan fingerprint density at radius 3 is 2.68 bits per heavy atom. The van der Waals surface area contributed by atoms with Gasteiger partial charge in [0, 0.05) is 19.8 Å². The van der Waals surface area contributed by atoms with Crippen LogP contribution in [0.1, 0.15) is 22.5 Å². The zero-order chi connectivity index (χ0) is 13.9. The van der Waals surface area contributed by atoms with Gasteiger partial charge in [-0.15, -0.1) is 11.3 Å². The number of carbonyl (C=O) groups is 2. The monoisotopic (exact) mass is 303 g/mol. The Labute approximate surface area is 119 Å². The lowest BCUT2D eigenvalue weighted by atomic mass is 9.80. The Morgan fingerprint density at radius 2 is 2.16 bits per heavy atom. The molecule has 1 amide bonds. The average molecular weight is 304 g/mol. The number of hydrogen-bond acceptors (Lipinski definition) is 4. The van der Waals surface area contributed by atoms with Gasteiger partial charge in [-0.3, -0.25) is 9.59 Å². The number of nitrogens with one attached hydrogen (secondary N) is 1. The average Bonchev–Trinajstić information content (AvgIpc) is 2.83. The molecular weight excluding hydrogens is 290 g/mol. The topological polar surface area (TPSA) is 75.6 Å². The first-order valence-electron chi connectivity index (χ1n) is 5.87. The van der Waals surface area contributed by atoms with Gasteiger partial charge in [-0.1, -0.05) is 11.6 Å². The van der Waals surface area contributed by atoms with Crippen molar-refractivity contribution in [1.29, 1.82) is 0 Å². The van der Waals surface area contributed by atoms with E-state index in [1.165, 1.54) is 11.3 Å². The molecule has 0 saturated carbocycles. The fourth-order valence-electron chi connectivity index (χ4n) is 2.01. The number of ether oxygens (including phenoxy) is 1. The second-order valence-electron chi connectivity index (χ2n) is 4.48. The summed E-state index contributed by atoms with van der Waals surface area (Å²) in [6, 6.07) is 1.64. The van der Waals surface area contributed by atoms with Gasteiger partial charge >= 0.3 is 5.97 Å². The number of hydrogen-bond donors (Lipinski definition) is 2. The third kappa shape index (κ3) is 3.08. The molecule has 0 bridgehead atoms. The maximum atomic E-state index is 11.9. The first-order valence-corrected chi connectivity index (χ1v) is 7.13. The van der Waals surface area contributed by atoms with Crippen molar-refractivity contribution in [3.8, 4) is 0 Å². The van der Waals surface area contributed by atoms with E-state index >= 15 is 0 Å². The number of thiophene rings is 1. The van der Waals surface area contributed by atoms with Gasteiger partial charge in [-0.05, 0) is 24.3 Å². The second-order valence-corrected chi connectivity index (χ2v) is 5.80. The van der Waals surface area contributed by atoms with Crippen LogP contribution >= 0.6 is 22.9 Å². The van der Waals surface area contributed by atoms with Crippen molar-refractivity contribution in [2.75, 3.05) is 19.8 Å². The predicted octanol–water partition coefficient (Wildman–Crippen LogP) is 2.01. The smallest absolute Gasteiger partial charge is 0.311 e. The minimum atomic E-state index is -0.933. The molecule has 0 aromatic carbocycles. The molecule has 2 rings (SSSR count). The van der Waals surface area contributed by atoms with Crippen LogP contribution < -0.4 is 5.32 Å². The van der Waals surface area contributed by atoms with E-state index in [4.69, 9.17) is 16.3 Å². The molecule has 2 N–H and O–H groups in total. The molecule has 1 aliphatic heterocycles. The van der Waals surface area contributed by atoms with Crippen molar-refractivity contribution in [3.63, 3.8) is 0 Å². The second kappa shape index (κ2) is 5.90. The molecule has 2 heterocycles. The first-order chi connectivity index (χ1) is 9.05. The lowest BCUT2D eigenvalue weighted by molar-refractivity contribution is -0.154. The van der Waals surface area contributed by atoms with Gasteiger partial charge in [0.05, 0.1) is 10.4 Å². The molecule has 1 aromatic rings. The van der Waals surface area contributed by atoms with E-state index in [1.807, 2.05) is 0 Å². The normalized spacial score (nSPS) is 17.9. The first kappa shape index (κ1) is 14.3. The summed E-state index contributed by atoms with van der Waals surface area (Å²) in [5, 5.41) is 14.1. The Kier molecular flexibility index (Phi) is 4.44. The van der Waals surface area contributed by atoms with Crippen LogP contribution in [0.15, 0.2) is 11.4 Å². The number of aliphatic carboxylic acids is 1. The number of halogens is 1. The summed E-state index contributed by atoms with van der Waals surface area (Å²) in [4.78, 5) is 23.7. The molecule has 0 aliphatic carbocycles. The molecule has 1 aromatic heterocycles. The highest BCUT2D eigenvalue weighted by molar-refractivity contribution is 7.12. The number of carbonyl (C=O) groups excluding carboxylic acids is 1. The molecule has 1 fully saturated rings. The zero-order valence-corrected chi connectivity index (χ0v) is 11.7. The molecular formula is C12H14ClNO4S. The van der Waals surface area contributed by atoms with E-state index in [2.05, 4.69) is 5.32 Å². The third-order valence-corrected chi connectivity index (χ3v) is 4.65. The van der Waals surface area contributed by atoms with Gasteiger partial charge in [0.15, 0.2) is 0 Å². The van der Waals surface area contributed by atoms with Crippen LogP contribution in [0.3, 0.4) is 0 Å². The Balaban J connectivity index is 2.02. The highest BCUT2D eigenvalue weighted by Crippen LogP contribution is 2.30. The molecule has 104 valence electrons. The summed E-state index contributed by atoms with van der Waals surface area (Å²) in [6.07, 6.45) is 0.807. The van der Waals surface area contributed by atoms with Crippen molar-refractivity contribution in [3.05, 3.63) is 21.3 Å². The van der Waals surface area contributed by atoms with Crippen LogP contribution in [-0.2, 0) is 9.53 Å². The molecule has 0 atom stereocenters. The maximum absolute atomic E-state index is 11.9. The lowest BCUT2D eigenvalue weighted by Gasteiger charge is -2.33. The van der Waals surface area contributed by atoms with Crippen LogP contribution in [0, 0.1) is 5.41 Å². The Bertz CT molecular complexity index is 482. The molecule has 0 radical (unpaired) electrons. The van der Waals surface area contributed by atoms with E-state index in [9.17, 15) is 14.7 Å².